The second-order valence-electron chi connectivity index (χ2n) is 10.4. The second-order valence-corrected chi connectivity index (χ2v) is 10.8. The molecule has 1 aromatic heterocycles. The maximum atomic E-state index is 15.1. The van der Waals surface area contributed by atoms with Gasteiger partial charge in [-0.15, -0.1) is 0 Å². The molecule has 12 heteroatoms. The Morgan fingerprint density at radius 3 is 2.66 bits per heavy atom. The van der Waals surface area contributed by atoms with E-state index in [-0.39, 0.29) is 29.7 Å². The molecule has 0 amide bonds. The lowest BCUT2D eigenvalue weighted by molar-refractivity contribution is 0.186. The molecule has 1 aliphatic rings. The number of guanidine groups is 1. The molecule has 1 unspecified atom stereocenters. The van der Waals surface area contributed by atoms with E-state index in [2.05, 4.69) is 20.6 Å². The average molecular weight is 585 g/mol. The van der Waals surface area contributed by atoms with Crippen molar-refractivity contribution in [2.45, 2.75) is 57.6 Å². The third kappa shape index (κ3) is 8.05. The zero-order valence-electron chi connectivity index (χ0n) is 23.0. The van der Waals surface area contributed by atoms with Gasteiger partial charge < -0.3 is 42.2 Å². The number of aliphatic hydroxyl groups excluding tert-OH is 2. The van der Waals surface area contributed by atoms with Crippen molar-refractivity contribution >= 4 is 29.4 Å². The summed E-state index contributed by atoms with van der Waals surface area (Å²) in [6, 6.07) is 12.8. The molecular formula is C29H38ClFN8O2. The molecule has 41 heavy (non-hydrogen) atoms. The minimum atomic E-state index is -1.16. The van der Waals surface area contributed by atoms with Gasteiger partial charge in [0, 0.05) is 47.8 Å². The molecular weight excluding hydrogens is 547 g/mol. The maximum absolute atomic E-state index is 15.1. The average Bonchev–Trinajstić information content (AvgIpc) is 3.34. The first kappa shape index (κ1) is 30.5. The molecule has 1 aliphatic heterocycles. The summed E-state index contributed by atoms with van der Waals surface area (Å²) in [4.78, 5) is 9.15. The first-order valence-corrected chi connectivity index (χ1v) is 14.0. The highest BCUT2D eigenvalue weighted by Crippen LogP contribution is 2.29. The number of nitrogens with two attached hydrogens (primary N) is 2. The topological polar surface area (TPSA) is 172 Å². The molecule has 0 saturated heterocycles. The minimum Gasteiger partial charge on any atom is -0.395 e. The molecule has 2 aromatic carbocycles. The lowest BCUT2D eigenvalue weighted by Crippen LogP contribution is -2.41. The van der Waals surface area contributed by atoms with Crippen molar-refractivity contribution in [3.05, 3.63) is 75.1 Å². The highest BCUT2D eigenvalue weighted by molar-refractivity contribution is 6.31. The van der Waals surface area contributed by atoms with E-state index >= 15 is 4.39 Å². The Balaban J connectivity index is 1.48. The van der Waals surface area contributed by atoms with Crippen molar-refractivity contribution in [2.24, 2.45) is 16.5 Å². The first-order chi connectivity index (χ1) is 19.6. The molecule has 0 radical (unpaired) electrons. The summed E-state index contributed by atoms with van der Waals surface area (Å²) in [7, 11) is 0. The van der Waals surface area contributed by atoms with Gasteiger partial charge in [0.15, 0.2) is 11.8 Å². The number of rotatable bonds is 13. The zero-order chi connectivity index (χ0) is 29.5. The Labute approximate surface area is 243 Å². The second kappa shape index (κ2) is 13.9. The van der Waals surface area contributed by atoms with E-state index in [1.165, 1.54) is 0 Å². The Bertz CT molecular complexity index is 1460. The van der Waals surface area contributed by atoms with Crippen molar-refractivity contribution in [2.75, 3.05) is 18.1 Å². The van der Waals surface area contributed by atoms with Gasteiger partial charge in [0.05, 0.1) is 17.3 Å². The number of nitrogens with zero attached hydrogens (tertiary/aromatic N) is 2. The van der Waals surface area contributed by atoms with Crippen LogP contribution in [0.4, 0.5) is 10.1 Å². The van der Waals surface area contributed by atoms with E-state index < -0.39 is 12.2 Å². The molecule has 3 atom stereocenters. The molecule has 10 N–H and O–H groups in total. The van der Waals surface area contributed by atoms with Gasteiger partial charge in [0.2, 0.25) is 6.35 Å². The Hall–Kier alpha value is -3.48. The van der Waals surface area contributed by atoms with Crippen LogP contribution in [0.25, 0.3) is 17.5 Å². The molecule has 0 saturated carbocycles. The molecule has 0 bridgehead atoms. The van der Waals surface area contributed by atoms with Gasteiger partial charge in [-0.05, 0) is 74.1 Å². The molecule has 220 valence electrons. The maximum Gasteiger partial charge on any atom is 0.231 e. The number of fused-ring (bicyclic) bond motifs is 1. The fraction of sp³-hybridized carbons (Fsp3) is 0.379. The zero-order valence-corrected chi connectivity index (χ0v) is 23.8. The SMILES string of the molecule is C[C@H](N)CCCc1cc(Cl)c(F)c(-c2cc3c([nH]2)=NC(O)N(c2ccc(CN[C@@H](CO)CCNC(=N)N)cc2)C=3)c1. The number of hydrogen-bond donors (Lipinski definition) is 8. The third-order valence-corrected chi connectivity index (χ3v) is 7.23. The normalized spacial score (nSPS) is 16.0. The van der Waals surface area contributed by atoms with Crippen LogP contribution in [0.2, 0.25) is 5.02 Å². The van der Waals surface area contributed by atoms with Crippen LogP contribution in [-0.2, 0) is 13.0 Å². The van der Waals surface area contributed by atoms with Crippen LogP contribution in [0, 0.1) is 11.2 Å². The van der Waals surface area contributed by atoms with Crippen LogP contribution in [0.5, 0.6) is 0 Å². The van der Waals surface area contributed by atoms with Crippen molar-refractivity contribution < 1.29 is 14.6 Å². The van der Waals surface area contributed by atoms with Crippen molar-refractivity contribution in [3.63, 3.8) is 0 Å². The molecule has 2 heterocycles. The molecule has 0 aliphatic carbocycles. The lowest BCUT2D eigenvalue weighted by Gasteiger charge is -2.25. The lowest BCUT2D eigenvalue weighted by atomic mass is 10.0. The van der Waals surface area contributed by atoms with Gasteiger partial charge in [-0.1, -0.05) is 23.7 Å². The predicted octanol–water partition coefficient (Wildman–Crippen LogP) is 1.62. The largest absolute Gasteiger partial charge is 0.395 e. The van der Waals surface area contributed by atoms with Gasteiger partial charge in [-0.25, -0.2) is 9.38 Å². The molecule has 0 spiro atoms. The summed E-state index contributed by atoms with van der Waals surface area (Å²) in [5.74, 6) is -0.611. The Morgan fingerprint density at radius 1 is 1.22 bits per heavy atom. The number of halogens is 2. The number of H-pyrrole nitrogens is 1. The molecule has 10 nitrogen and oxygen atoms in total. The summed E-state index contributed by atoms with van der Waals surface area (Å²) in [6.07, 6.45) is 3.70. The first-order valence-electron chi connectivity index (χ1n) is 13.6. The van der Waals surface area contributed by atoms with Crippen LogP contribution in [0.1, 0.15) is 37.3 Å². The van der Waals surface area contributed by atoms with Crippen molar-refractivity contribution in [1.82, 2.24) is 15.6 Å². The monoisotopic (exact) mass is 584 g/mol. The standard InChI is InChI=1S/C29H38ClFN8O2/c1-17(32)3-2-4-19-11-23(26(31)24(30)12-19)25-13-20-15-39(29(41)38-27(20)37-25)22-7-5-18(6-8-22)14-36-21(16-40)9-10-35-28(33)34/h5-8,11-13,15,17,21,29,36,40-41H,2-4,9-10,14,16,32H2,1H3,(H,37,38)(H4,33,34,35)/t17-,21+,29?/m0/s1. The highest BCUT2D eigenvalue weighted by atomic mass is 35.5. The van der Waals surface area contributed by atoms with Crippen molar-refractivity contribution in [3.8, 4) is 11.3 Å². The minimum absolute atomic E-state index is 0.0386. The van der Waals surface area contributed by atoms with Gasteiger partial charge in [-0.3, -0.25) is 5.41 Å². The van der Waals surface area contributed by atoms with E-state index in [4.69, 9.17) is 28.5 Å². The van der Waals surface area contributed by atoms with E-state index in [0.717, 1.165) is 36.1 Å². The molecule has 4 rings (SSSR count). The summed E-state index contributed by atoms with van der Waals surface area (Å²) in [6.45, 7) is 2.94. The van der Waals surface area contributed by atoms with Crippen LogP contribution >= 0.6 is 11.6 Å². The number of benzene rings is 2. The number of nitrogens with one attached hydrogen (secondary N) is 4. The van der Waals surface area contributed by atoms with E-state index in [1.54, 1.807) is 29.3 Å². The highest BCUT2D eigenvalue weighted by Gasteiger charge is 2.20. The quantitative estimate of drug-likeness (QED) is 0.111. The Morgan fingerprint density at radius 2 is 1.98 bits per heavy atom. The van der Waals surface area contributed by atoms with E-state index in [9.17, 15) is 10.2 Å². The number of aromatic nitrogens is 1. The van der Waals surface area contributed by atoms with E-state index in [0.29, 0.717) is 41.5 Å². The van der Waals surface area contributed by atoms with Crippen LogP contribution in [0.3, 0.4) is 0 Å². The van der Waals surface area contributed by atoms with Crippen molar-refractivity contribution in [1.29, 1.82) is 5.41 Å². The summed E-state index contributed by atoms with van der Waals surface area (Å²) in [5.41, 5.74) is 15.1. The summed E-state index contributed by atoms with van der Waals surface area (Å²) < 4.78 is 15.1. The van der Waals surface area contributed by atoms with Gasteiger partial charge in [-0.2, -0.15) is 0 Å². The number of aliphatic hydroxyl groups is 2. The molecule has 3 aromatic rings. The van der Waals surface area contributed by atoms with Crippen LogP contribution < -0.4 is 37.7 Å². The number of hydrogen-bond acceptors (Lipinski definition) is 7. The van der Waals surface area contributed by atoms with Gasteiger partial charge >= 0.3 is 0 Å². The summed E-state index contributed by atoms with van der Waals surface area (Å²) >= 11 is 6.23. The van der Waals surface area contributed by atoms with Crippen LogP contribution in [-0.4, -0.2) is 52.7 Å². The smallest absolute Gasteiger partial charge is 0.231 e. The van der Waals surface area contributed by atoms with E-state index in [1.807, 2.05) is 31.2 Å². The summed E-state index contributed by atoms with van der Waals surface area (Å²) in [5, 5.41) is 34.4. The van der Waals surface area contributed by atoms with Crippen LogP contribution in [0.15, 0.2) is 47.5 Å². The third-order valence-electron chi connectivity index (χ3n) is 6.96. The molecule has 0 fully saturated rings. The van der Waals surface area contributed by atoms with Gasteiger partial charge in [0.25, 0.3) is 0 Å². The fourth-order valence-corrected chi connectivity index (χ4v) is 4.95. The number of anilines is 1. The van der Waals surface area contributed by atoms with Gasteiger partial charge in [0.1, 0.15) is 5.49 Å². The predicted molar refractivity (Wildman–Crippen MR) is 160 cm³/mol. The number of aromatic amines is 1. The fourth-order valence-electron chi connectivity index (χ4n) is 4.71. The Kier molecular flexibility index (Phi) is 10.4. The number of aryl methyl sites for hydroxylation is 1.